The summed E-state index contributed by atoms with van der Waals surface area (Å²) >= 11 is 3.38. The maximum absolute atomic E-state index is 6.03. The van der Waals surface area contributed by atoms with Crippen LogP contribution in [0.5, 0.6) is 17.2 Å². The first-order valence-corrected chi connectivity index (χ1v) is 11.4. The second kappa shape index (κ2) is 8.38. The lowest BCUT2D eigenvalue weighted by molar-refractivity contribution is 0.340. The predicted molar refractivity (Wildman–Crippen MR) is 125 cm³/mol. The van der Waals surface area contributed by atoms with Gasteiger partial charge in [0.25, 0.3) is 0 Å². The number of ether oxygens (including phenoxy) is 2. The van der Waals surface area contributed by atoms with Crippen molar-refractivity contribution in [1.29, 1.82) is 0 Å². The van der Waals surface area contributed by atoms with Gasteiger partial charge in [-0.25, -0.2) is 4.98 Å². The number of aromatic nitrogens is 1. The third-order valence-electron chi connectivity index (χ3n) is 4.66. The van der Waals surface area contributed by atoms with E-state index >= 15 is 0 Å². The third-order valence-corrected chi connectivity index (χ3v) is 6.57. The summed E-state index contributed by atoms with van der Waals surface area (Å²) in [6.07, 6.45) is 4.13. The maximum Gasteiger partial charge on any atom is 0.141 e. The lowest BCUT2D eigenvalue weighted by Gasteiger charge is -2.19. The average molecular weight is 430 g/mol. The Labute approximate surface area is 184 Å². The topological polar surface area (TPSA) is 31.4 Å². The minimum atomic E-state index is 0.677. The molecular formula is C25H19NO2S2. The van der Waals surface area contributed by atoms with Gasteiger partial charge >= 0.3 is 0 Å². The Kier molecular flexibility index (Phi) is 5.30. The van der Waals surface area contributed by atoms with Crippen molar-refractivity contribution in [3.05, 3.63) is 82.7 Å². The summed E-state index contributed by atoms with van der Waals surface area (Å²) in [5.74, 6) is 2.70. The summed E-state index contributed by atoms with van der Waals surface area (Å²) in [6, 6.07) is 22.5. The predicted octanol–water partition coefficient (Wildman–Crippen LogP) is 7.64. The summed E-state index contributed by atoms with van der Waals surface area (Å²) in [7, 11) is 0. The number of para-hydroxylation sites is 1. The van der Waals surface area contributed by atoms with Gasteiger partial charge < -0.3 is 9.47 Å². The van der Waals surface area contributed by atoms with Crippen molar-refractivity contribution < 1.29 is 9.47 Å². The molecule has 3 aromatic carbocycles. The molecule has 0 N–H and O–H groups in total. The fourth-order valence-electron chi connectivity index (χ4n) is 3.19. The quantitative estimate of drug-likeness (QED) is 0.287. The van der Waals surface area contributed by atoms with Crippen molar-refractivity contribution in [3.8, 4) is 28.5 Å². The van der Waals surface area contributed by atoms with Crippen molar-refractivity contribution in [2.45, 2.75) is 16.7 Å². The molecule has 1 aromatic heterocycles. The number of hydrogen-bond acceptors (Lipinski definition) is 5. The van der Waals surface area contributed by atoms with E-state index in [-0.39, 0.29) is 0 Å². The molecule has 1 aliphatic heterocycles. The van der Waals surface area contributed by atoms with Crippen molar-refractivity contribution >= 4 is 35.3 Å². The Balaban J connectivity index is 1.33. The average Bonchev–Trinajstić information content (AvgIpc) is 3.26. The molecule has 0 aliphatic carbocycles. The van der Waals surface area contributed by atoms with Crippen LogP contribution < -0.4 is 9.47 Å². The first-order chi connectivity index (χ1) is 14.8. The Morgan fingerprint density at radius 3 is 2.63 bits per heavy atom. The molecule has 0 saturated heterocycles. The Hall–Kier alpha value is -3.02. The van der Waals surface area contributed by atoms with Crippen LogP contribution in [-0.4, -0.2) is 11.6 Å². The molecule has 3 nitrogen and oxygen atoms in total. The van der Waals surface area contributed by atoms with Crippen LogP contribution in [0.3, 0.4) is 0 Å². The summed E-state index contributed by atoms with van der Waals surface area (Å²) in [4.78, 5) is 7.05. The van der Waals surface area contributed by atoms with Gasteiger partial charge in [0, 0.05) is 10.9 Å². The van der Waals surface area contributed by atoms with Crippen molar-refractivity contribution in [1.82, 2.24) is 4.98 Å². The van der Waals surface area contributed by atoms with E-state index in [9.17, 15) is 0 Å². The molecule has 0 amide bonds. The zero-order valence-electron chi connectivity index (χ0n) is 16.4. The minimum Gasteiger partial charge on any atom is -0.494 e. The van der Waals surface area contributed by atoms with Crippen molar-refractivity contribution in [2.24, 2.45) is 0 Å². The van der Waals surface area contributed by atoms with E-state index in [1.54, 1.807) is 23.1 Å². The minimum absolute atomic E-state index is 0.677. The van der Waals surface area contributed by atoms with Gasteiger partial charge in [-0.05, 0) is 61.0 Å². The molecule has 0 fully saturated rings. The normalized spacial score (nSPS) is 12.3. The van der Waals surface area contributed by atoms with Crippen LogP contribution in [0.25, 0.3) is 23.4 Å². The SMILES string of the molecule is CCOc1ccc(C=Cc2nc(-c3ccc4c(c3)Sc3ccccc3O4)cs2)cc1. The van der Waals surface area contributed by atoms with E-state index in [2.05, 4.69) is 47.9 Å². The highest BCUT2D eigenvalue weighted by Gasteiger charge is 2.18. The zero-order valence-corrected chi connectivity index (χ0v) is 18.0. The number of benzene rings is 3. The maximum atomic E-state index is 6.03. The summed E-state index contributed by atoms with van der Waals surface area (Å²) in [5, 5.41) is 3.08. The van der Waals surface area contributed by atoms with Gasteiger partial charge in [-0.1, -0.05) is 42.1 Å². The largest absolute Gasteiger partial charge is 0.494 e. The highest BCUT2D eigenvalue weighted by Crippen LogP contribution is 2.47. The molecule has 0 radical (unpaired) electrons. The highest BCUT2D eigenvalue weighted by molar-refractivity contribution is 7.99. The molecule has 148 valence electrons. The van der Waals surface area contributed by atoms with E-state index in [1.165, 1.54) is 0 Å². The van der Waals surface area contributed by atoms with Gasteiger partial charge in [0.05, 0.1) is 22.1 Å². The first-order valence-electron chi connectivity index (χ1n) is 9.74. The van der Waals surface area contributed by atoms with Crippen LogP contribution in [-0.2, 0) is 0 Å². The van der Waals surface area contributed by atoms with Crippen LogP contribution in [0, 0.1) is 0 Å². The molecule has 5 rings (SSSR count). The lowest BCUT2D eigenvalue weighted by atomic mass is 10.1. The highest BCUT2D eigenvalue weighted by atomic mass is 32.2. The lowest BCUT2D eigenvalue weighted by Crippen LogP contribution is -1.94. The van der Waals surface area contributed by atoms with Crippen LogP contribution in [0.15, 0.2) is 81.9 Å². The Morgan fingerprint density at radius 2 is 1.77 bits per heavy atom. The molecule has 5 heteroatoms. The molecule has 2 heterocycles. The molecular weight excluding hydrogens is 410 g/mol. The second-order valence-electron chi connectivity index (χ2n) is 6.72. The fraction of sp³-hybridized carbons (Fsp3) is 0.0800. The zero-order chi connectivity index (χ0) is 20.3. The summed E-state index contributed by atoms with van der Waals surface area (Å²) in [5.41, 5.74) is 3.20. The number of thiazole rings is 1. The smallest absolute Gasteiger partial charge is 0.141 e. The van der Waals surface area contributed by atoms with E-state index in [4.69, 9.17) is 14.5 Å². The van der Waals surface area contributed by atoms with Gasteiger partial charge in [-0.15, -0.1) is 11.3 Å². The van der Waals surface area contributed by atoms with E-state index in [0.29, 0.717) is 6.61 Å². The van der Waals surface area contributed by atoms with Crippen molar-refractivity contribution in [2.75, 3.05) is 6.61 Å². The Morgan fingerprint density at radius 1 is 0.933 bits per heavy atom. The van der Waals surface area contributed by atoms with Gasteiger partial charge in [-0.3, -0.25) is 0 Å². The molecule has 0 atom stereocenters. The molecule has 0 bridgehead atoms. The fourth-order valence-corrected chi connectivity index (χ4v) is 4.90. The van der Waals surface area contributed by atoms with Crippen LogP contribution >= 0.6 is 23.1 Å². The van der Waals surface area contributed by atoms with E-state index in [0.717, 1.165) is 48.9 Å². The van der Waals surface area contributed by atoms with E-state index in [1.807, 2.05) is 43.3 Å². The standard InChI is InChI=1S/C25H19NO2S2/c1-2-27-19-11-7-17(8-12-19)9-14-25-26-20(16-29-25)18-10-13-22-24(15-18)30-23-6-4-3-5-21(23)28-22/h3-16H,2H2,1H3. The van der Waals surface area contributed by atoms with Crippen LogP contribution in [0.2, 0.25) is 0 Å². The molecule has 0 saturated carbocycles. The summed E-state index contributed by atoms with van der Waals surface area (Å²) in [6.45, 7) is 2.66. The number of fused-ring (bicyclic) bond motifs is 2. The summed E-state index contributed by atoms with van der Waals surface area (Å²) < 4.78 is 11.5. The van der Waals surface area contributed by atoms with Crippen molar-refractivity contribution in [3.63, 3.8) is 0 Å². The monoisotopic (exact) mass is 429 g/mol. The molecule has 4 aromatic rings. The van der Waals surface area contributed by atoms with Gasteiger partial charge in [0.1, 0.15) is 22.3 Å². The second-order valence-corrected chi connectivity index (χ2v) is 8.69. The van der Waals surface area contributed by atoms with Crippen LogP contribution in [0.4, 0.5) is 0 Å². The molecule has 0 spiro atoms. The molecule has 30 heavy (non-hydrogen) atoms. The number of hydrogen-bond donors (Lipinski definition) is 0. The molecule has 1 aliphatic rings. The van der Waals surface area contributed by atoms with Gasteiger partial charge in [0.2, 0.25) is 0 Å². The number of rotatable bonds is 5. The number of nitrogens with zero attached hydrogens (tertiary/aromatic N) is 1. The third kappa shape index (κ3) is 3.99. The molecule has 0 unspecified atom stereocenters. The van der Waals surface area contributed by atoms with E-state index < -0.39 is 0 Å². The van der Waals surface area contributed by atoms with Gasteiger partial charge in [-0.2, -0.15) is 0 Å². The Bertz CT molecular complexity index is 1210. The van der Waals surface area contributed by atoms with Gasteiger partial charge in [0.15, 0.2) is 0 Å². The first kappa shape index (κ1) is 19.0. The van der Waals surface area contributed by atoms with Crippen LogP contribution in [0.1, 0.15) is 17.5 Å².